The highest BCUT2D eigenvalue weighted by atomic mass is 16.6. The van der Waals surface area contributed by atoms with Crippen LogP contribution < -0.4 is 15.2 Å². The van der Waals surface area contributed by atoms with Crippen molar-refractivity contribution in [3.8, 4) is 17.6 Å². The van der Waals surface area contributed by atoms with Crippen LogP contribution in [0.2, 0.25) is 0 Å². The largest absolute Gasteiger partial charge is 0.486 e. The standard InChI is InChI=1S/C11H12N2O2/c12-4-3-9(13)8-1-2-10-11(7-8)15-6-5-14-10/h1-2,7,9H,3,5-6,13H2/t9-/m1/s1. The highest BCUT2D eigenvalue weighted by Crippen LogP contribution is 2.32. The molecule has 0 unspecified atom stereocenters. The zero-order valence-electron chi connectivity index (χ0n) is 8.27. The SMILES string of the molecule is N#CC[C@@H](N)c1ccc2c(c1)OCCO2. The first kappa shape index (κ1) is 9.81. The molecule has 0 amide bonds. The summed E-state index contributed by atoms with van der Waals surface area (Å²) in [7, 11) is 0. The van der Waals surface area contributed by atoms with Gasteiger partial charge in [-0.05, 0) is 17.7 Å². The summed E-state index contributed by atoms with van der Waals surface area (Å²) in [6.45, 7) is 1.14. The first-order chi connectivity index (χ1) is 7.31. The molecule has 0 bridgehead atoms. The first-order valence-corrected chi connectivity index (χ1v) is 4.83. The third kappa shape index (κ3) is 2.03. The molecule has 0 radical (unpaired) electrons. The number of nitrogens with two attached hydrogens (primary N) is 1. The Morgan fingerprint density at radius 1 is 1.33 bits per heavy atom. The Labute approximate surface area is 88.2 Å². The predicted octanol–water partition coefficient (Wildman–Crippen LogP) is 1.37. The van der Waals surface area contributed by atoms with Crippen molar-refractivity contribution in [2.45, 2.75) is 12.5 Å². The molecule has 0 saturated heterocycles. The normalized spacial score (nSPS) is 15.5. The maximum atomic E-state index is 8.55. The molecular weight excluding hydrogens is 192 g/mol. The molecule has 0 saturated carbocycles. The van der Waals surface area contributed by atoms with Gasteiger partial charge in [0.05, 0.1) is 12.5 Å². The van der Waals surface area contributed by atoms with Gasteiger partial charge in [0.2, 0.25) is 0 Å². The van der Waals surface area contributed by atoms with Gasteiger partial charge in [-0.3, -0.25) is 0 Å². The topological polar surface area (TPSA) is 68.3 Å². The van der Waals surface area contributed by atoms with Gasteiger partial charge >= 0.3 is 0 Å². The summed E-state index contributed by atoms with van der Waals surface area (Å²) in [6, 6.07) is 7.34. The number of rotatable bonds is 2. The van der Waals surface area contributed by atoms with Crippen LogP contribution in [0.1, 0.15) is 18.0 Å². The van der Waals surface area contributed by atoms with E-state index in [1.165, 1.54) is 0 Å². The fraction of sp³-hybridized carbons (Fsp3) is 0.364. The van der Waals surface area contributed by atoms with Crippen molar-refractivity contribution in [2.24, 2.45) is 5.73 Å². The van der Waals surface area contributed by atoms with Gasteiger partial charge in [-0.15, -0.1) is 0 Å². The van der Waals surface area contributed by atoms with Crippen LogP contribution >= 0.6 is 0 Å². The van der Waals surface area contributed by atoms with Gasteiger partial charge in [0, 0.05) is 6.04 Å². The van der Waals surface area contributed by atoms with Crippen LogP contribution in [0, 0.1) is 11.3 Å². The molecule has 4 heteroatoms. The van der Waals surface area contributed by atoms with E-state index in [1.54, 1.807) is 0 Å². The number of hydrogen-bond acceptors (Lipinski definition) is 4. The summed E-state index contributed by atoms with van der Waals surface area (Å²) >= 11 is 0. The summed E-state index contributed by atoms with van der Waals surface area (Å²) < 4.78 is 10.8. The second-order valence-corrected chi connectivity index (χ2v) is 3.37. The van der Waals surface area contributed by atoms with Crippen molar-refractivity contribution in [3.63, 3.8) is 0 Å². The Balaban J connectivity index is 2.24. The average molecular weight is 204 g/mol. The molecule has 2 rings (SSSR count). The Morgan fingerprint density at radius 2 is 2.07 bits per heavy atom. The number of nitrogens with zero attached hydrogens (tertiary/aromatic N) is 1. The fourth-order valence-corrected chi connectivity index (χ4v) is 1.51. The average Bonchev–Trinajstić information content (AvgIpc) is 2.29. The summed E-state index contributed by atoms with van der Waals surface area (Å²) in [5.41, 5.74) is 6.72. The molecule has 1 aliphatic heterocycles. The third-order valence-corrected chi connectivity index (χ3v) is 2.31. The molecular formula is C11H12N2O2. The van der Waals surface area contributed by atoms with E-state index in [0.717, 1.165) is 11.3 Å². The van der Waals surface area contributed by atoms with Crippen molar-refractivity contribution in [1.29, 1.82) is 5.26 Å². The van der Waals surface area contributed by atoms with Crippen molar-refractivity contribution in [3.05, 3.63) is 23.8 Å². The molecule has 0 fully saturated rings. The van der Waals surface area contributed by atoms with Crippen LogP contribution in [0.5, 0.6) is 11.5 Å². The molecule has 4 nitrogen and oxygen atoms in total. The molecule has 1 aromatic rings. The number of fused-ring (bicyclic) bond motifs is 1. The molecule has 1 heterocycles. The Bertz CT molecular complexity index is 398. The fourth-order valence-electron chi connectivity index (χ4n) is 1.51. The lowest BCUT2D eigenvalue weighted by Crippen LogP contribution is -2.16. The van der Waals surface area contributed by atoms with Crippen LogP contribution in [0.15, 0.2) is 18.2 Å². The Kier molecular flexibility index (Phi) is 2.75. The summed E-state index contributed by atoms with van der Waals surface area (Å²) in [6.07, 6.45) is 0.305. The molecule has 1 atom stereocenters. The number of benzene rings is 1. The quantitative estimate of drug-likeness (QED) is 0.790. The highest BCUT2D eigenvalue weighted by molar-refractivity contribution is 5.44. The van der Waals surface area contributed by atoms with Crippen LogP contribution in [-0.4, -0.2) is 13.2 Å². The van der Waals surface area contributed by atoms with Gasteiger partial charge in [0.25, 0.3) is 0 Å². The summed E-state index contributed by atoms with van der Waals surface area (Å²) in [4.78, 5) is 0. The zero-order valence-corrected chi connectivity index (χ0v) is 8.27. The van der Waals surface area contributed by atoms with Gasteiger partial charge in [0.15, 0.2) is 11.5 Å². The van der Waals surface area contributed by atoms with Crippen LogP contribution in [0.25, 0.3) is 0 Å². The maximum absolute atomic E-state index is 8.55. The molecule has 0 aromatic heterocycles. The lowest BCUT2D eigenvalue weighted by atomic mass is 10.0. The molecule has 0 spiro atoms. The van der Waals surface area contributed by atoms with E-state index in [2.05, 4.69) is 0 Å². The van der Waals surface area contributed by atoms with Gasteiger partial charge < -0.3 is 15.2 Å². The second kappa shape index (κ2) is 4.20. The minimum Gasteiger partial charge on any atom is -0.486 e. The minimum absolute atomic E-state index is 0.258. The molecule has 2 N–H and O–H groups in total. The van der Waals surface area contributed by atoms with E-state index in [0.29, 0.717) is 25.4 Å². The van der Waals surface area contributed by atoms with Gasteiger partial charge in [0.1, 0.15) is 13.2 Å². The first-order valence-electron chi connectivity index (χ1n) is 4.83. The lowest BCUT2D eigenvalue weighted by Gasteiger charge is -2.19. The van der Waals surface area contributed by atoms with Crippen molar-refractivity contribution in [1.82, 2.24) is 0 Å². The predicted molar refractivity (Wildman–Crippen MR) is 54.6 cm³/mol. The number of hydrogen-bond donors (Lipinski definition) is 1. The Morgan fingerprint density at radius 3 is 2.80 bits per heavy atom. The highest BCUT2D eigenvalue weighted by Gasteiger charge is 2.14. The van der Waals surface area contributed by atoms with Gasteiger partial charge in [-0.25, -0.2) is 0 Å². The molecule has 78 valence electrons. The summed E-state index contributed by atoms with van der Waals surface area (Å²) in [5.74, 6) is 1.46. The zero-order chi connectivity index (χ0) is 10.7. The smallest absolute Gasteiger partial charge is 0.161 e. The van der Waals surface area contributed by atoms with E-state index < -0.39 is 0 Å². The Hall–Kier alpha value is -1.73. The van der Waals surface area contributed by atoms with Crippen LogP contribution in [0.4, 0.5) is 0 Å². The van der Waals surface area contributed by atoms with E-state index in [1.807, 2.05) is 24.3 Å². The van der Waals surface area contributed by atoms with E-state index in [4.69, 9.17) is 20.5 Å². The van der Waals surface area contributed by atoms with Crippen molar-refractivity contribution < 1.29 is 9.47 Å². The van der Waals surface area contributed by atoms with E-state index in [-0.39, 0.29) is 6.04 Å². The van der Waals surface area contributed by atoms with Gasteiger partial charge in [-0.1, -0.05) is 6.07 Å². The third-order valence-electron chi connectivity index (χ3n) is 2.31. The van der Waals surface area contributed by atoms with Crippen LogP contribution in [-0.2, 0) is 0 Å². The van der Waals surface area contributed by atoms with E-state index in [9.17, 15) is 0 Å². The number of nitriles is 1. The van der Waals surface area contributed by atoms with Crippen molar-refractivity contribution in [2.75, 3.05) is 13.2 Å². The molecule has 0 aliphatic carbocycles. The molecule has 1 aliphatic rings. The maximum Gasteiger partial charge on any atom is 0.161 e. The van der Waals surface area contributed by atoms with Gasteiger partial charge in [-0.2, -0.15) is 5.26 Å². The summed E-state index contributed by atoms with van der Waals surface area (Å²) in [5, 5.41) is 8.55. The number of ether oxygens (including phenoxy) is 2. The monoisotopic (exact) mass is 204 g/mol. The van der Waals surface area contributed by atoms with Crippen LogP contribution in [0.3, 0.4) is 0 Å². The minimum atomic E-state index is -0.258. The van der Waals surface area contributed by atoms with E-state index >= 15 is 0 Å². The lowest BCUT2D eigenvalue weighted by molar-refractivity contribution is 0.171. The molecule has 15 heavy (non-hydrogen) atoms. The van der Waals surface area contributed by atoms with Crippen molar-refractivity contribution >= 4 is 0 Å². The second-order valence-electron chi connectivity index (χ2n) is 3.37. The molecule has 1 aromatic carbocycles.